The first-order valence-electron chi connectivity index (χ1n) is 4.85. The van der Waals surface area contributed by atoms with Gasteiger partial charge in [0.25, 0.3) is 5.91 Å². The molecule has 1 amide bonds. The summed E-state index contributed by atoms with van der Waals surface area (Å²) in [7, 11) is 0. The van der Waals surface area contributed by atoms with Gasteiger partial charge in [0.1, 0.15) is 17.7 Å². The number of aliphatic imine (C=N–C) groups is 1. The zero-order valence-corrected chi connectivity index (χ0v) is 8.33. The van der Waals surface area contributed by atoms with Crippen molar-refractivity contribution < 1.29 is 9.53 Å². The molecular weight excluding hydrogens is 204 g/mol. The van der Waals surface area contributed by atoms with Crippen molar-refractivity contribution in [2.45, 2.75) is 0 Å². The largest absolute Gasteiger partial charge is 0.462 e. The molecule has 2 heterocycles. The lowest BCUT2D eigenvalue weighted by Gasteiger charge is -2.17. The SMILES string of the molecule is O=C1c2ccccc2OC=C2C=NC=CN12. The van der Waals surface area contributed by atoms with E-state index in [4.69, 9.17) is 4.74 Å². The van der Waals surface area contributed by atoms with Crippen LogP contribution in [-0.2, 0) is 0 Å². The van der Waals surface area contributed by atoms with Crippen molar-refractivity contribution in [1.29, 1.82) is 0 Å². The number of carbonyl (C=O) groups is 1. The van der Waals surface area contributed by atoms with E-state index in [0.29, 0.717) is 17.0 Å². The molecule has 0 spiro atoms. The number of fused-ring (bicyclic) bond motifs is 2. The van der Waals surface area contributed by atoms with Gasteiger partial charge in [-0.3, -0.25) is 14.7 Å². The van der Waals surface area contributed by atoms with Crippen LogP contribution in [0.2, 0.25) is 0 Å². The van der Waals surface area contributed by atoms with Gasteiger partial charge in [0.2, 0.25) is 0 Å². The normalized spacial score (nSPS) is 17.1. The Morgan fingerprint density at radius 2 is 2.12 bits per heavy atom. The third kappa shape index (κ3) is 1.24. The van der Waals surface area contributed by atoms with Gasteiger partial charge >= 0.3 is 0 Å². The molecular formula is C12H8N2O2. The van der Waals surface area contributed by atoms with Crippen molar-refractivity contribution in [3.63, 3.8) is 0 Å². The third-order valence-corrected chi connectivity index (χ3v) is 2.43. The molecule has 1 aromatic carbocycles. The van der Waals surface area contributed by atoms with Gasteiger partial charge in [-0.2, -0.15) is 0 Å². The fourth-order valence-corrected chi connectivity index (χ4v) is 1.64. The average Bonchev–Trinajstić information content (AvgIpc) is 2.49. The highest BCUT2D eigenvalue weighted by atomic mass is 16.5. The number of hydrogen-bond acceptors (Lipinski definition) is 3. The monoisotopic (exact) mass is 212 g/mol. The maximum absolute atomic E-state index is 12.2. The highest BCUT2D eigenvalue weighted by Gasteiger charge is 2.24. The minimum Gasteiger partial charge on any atom is -0.462 e. The molecule has 0 aliphatic carbocycles. The molecule has 0 atom stereocenters. The molecule has 3 rings (SSSR count). The molecule has 4 heteroatoms. The zero-order valence-electron chi connectivity index (χ0n) is 8.33. The quantitative estimate of drug-likeness (QED) is 0.659. The van der Waals surface area contributed by atoms with Gasteiger partial charge in [-0.05, 0) is 12.1 Å². The van der Waals surface area contributed by atoms with Crippen molar-refractivity contribution in [2.75, 3.05) is 0 Å². The highest BCUT2D eigenvalue weighted by molar-refractivity contribution is 6.02. The first kappa shape index (κ1) is 8.91. The van der Waals surface area contributed by atoms with Gasteiger partial charge < -0.3 is 4.74 Å². The number of hydrogen-bond donors (Lipinski definition) is 0. The molecule has 16 heavy (non-hydrogen) atoms. The summed E-state index contributed by atoms with van der Waals surface area (Å²) < 4.78 is 5.44. The van der Waals surface area contributed by atoms with Crippen LogP contribution < -0.4 is 4.74 Å². The fourth-order valence-electron chi connectivity index (χ4n) is 1.64. The molecule has 0 N–H and O–H groups in total. The molecule has 0 saturated carbocycles. The van der Waals surface area contributed by atoms with Gasteiger partial charge in [0.05, 0.1) is 11.8 Å². The van der Waals surface area contributed by atoms with Crippen LogP contribution in [0.4, 0.5) is 0 Å². The van der Waals surface area contributed by atoms with Crippen molar-refractivity contribution in [1.82, 2.24) is 4.90 Å². The average molecular weight is 212 g/mol. The minimum atomic E-state index is -0.109. The molecule has 2 aliphatic rings. The van der Waals surface area contributed by atoms with Crippen LogP contribution in [0.25, 0.3) is 0 Å². The Labute approximate surface area is 92.2 Å². The smallest absolute Gasteiger partial charge is 0.266 e. The molecule has 0 aromatic heterocycles. The number of ether oxygens (including phenoxy) is 1. The topological polar surface area (TPSA) is 41.9 Å². The van der Waals surface area contributed by atoms with Crippen molar-refractivity contribution in [3.05, 3.63) is 54.2 Å². The molecule has 0 unspecified atom stereocenters. The maximum atomic E-state index is 12.2. The van der Waals surface area contributed by atoms with E-state index in [1.165, 1.54) is 11.2 Å². The van der Waals surface area contributed by atoms with E-state index in [0.717, 1.165) is 0 Å². The number of para-hydroxylation sites is 1. The zero-order chi connectivity index (χ0) is 11.0. The standard InChI is InChI=1S/C12H8N2O2/c15-12-10-3-1-2-4-11(10)16-8-9-7-13-5-6-14(9)12/h1-8H. The van der Waals surface area contributed by atoms with Crippen molar-refractivity contribution in [3.8, 4) is 5.75 Å². The lowest BCUT2D eigenvalue weighted by molar-refractivity contribution is 0.0864. The van der Waals surface area contributed by atoms with Gasteiger partial charge in [0.15, 0.2) is 0 Å². The van der Waals surface area contributed by atoms with E-state index in [1.54, 1.807) is 30.7 Å². The fraction of sp³-hybridized carbons (Fsp3) is 0. The second-order valence-corrected chi connectivity index (χ2v) is 3.41. The molecule has 0 fully saturated rings. The van der Waals surface area contributed by atoms with Crippen LogP contribution in [-0.4, -0.2) is 17.0 Å². The van der Waals surface area contributed by atoms with Crippen LogP contribution in [0, 0.1) is 0 Å². The number of nitrogens with zero attached hydrogens (tertiary/aromatic N) is 2. The highest BCUT2D eigenvalue weighted by Crippen LogP contribution is 2.26. The van der Waals surface area contributed by atoms with Crippen LogP contribution in [0.15, 0.2) is 53.6 Å². The van der Waals surface area contributed by atoms with Gasteiger partial charge in [-0.15, -0.1) is 0 Å². The van der Waals surface area contributed by atoms with E-state index in [2.05, 4.69) is 4.99 Å². The second-order valence-electron chi connectivity index (χ2n) is 3.41. The van der Waals surface area contributed by atoms with E-state index >= 15 is 0 Å². The van der Waals surface area contributed by atoms with Gasteiger partial charge in [-0.1, -0.05) is 12.1 Å². The number of benzene rings is 1. The Morgan fingerprint density at radius 1 is 1.25 bits per heavy atom. The molecule has 0 saturated heterocycles. The summed E-state index contributed by atoms with van der Waals surface area (Å²) in [6.45, 7) is 0. The number of carbonyl (C=O) groups excluding carboxylic acids is 1. The Bertz CT molecular complexity index is 544. The number of allylic oxidation sites excluding steroid dienone is 1. The van der Waals surface area contributed by atoms with Gasteiger partial charge in [-0.25, -0.2) is 0 Å². The Kier molecular flexibility index (Phi) is 1.86. The summed E-state index contributed by atoms with van der Waals surface area (Å²) in [5.74, 6) is 0.456. The first-order valence-corrected chi connectivity index (χ1v) is 4.85. The molecule has 4 nitrogen and oxygen atoms in total. The Morgan fingerprint density at radius 3 is 3.06 bits per heavy atom. The summed E-state index contributed by atoms with van der Waals surface area (Å²) in [4.78, 5) is 17.6. The molecule has 1 aromatic rings. The summed E-state index contributed by atoms with van der Waals surface area (Å²) in [6, 6.07) is 7.16. The van der Waals surface area contributed by atoms with E-state index in [9.17, 15) is 4.79 Å². The van der Waals surface area contributed by atoms with Crippen LogP contribution in [0.1, 0.15) is 10.4 Å². The number of amides is 1. The molecule has 0 radical (unpaired) electrons. The molecule has 78 valence electrons. The molecule has 2 aliphatic heterocycles. The van der Waals surface area contributed by atoms with Crippen LogP contribution in [0.5, 0.6) is 5.75 Å². The van der Waals surface area contributed by atoms with E-state index < -0.39 is 0 Å². The maximum Gasteiger partial charge on any atom is 0.266 e. The second kappa shape index (κ2) is 3.34. The van der Waals surface area contributed by atoms with Crippen LogP contribution in [0.3, 0.4) is 0 Å². The Hall–Kier alpha value is -2.36. The lowest BCUT2D eigenvalue weighted by atomic mass is 10.2. The van der Waals surface area contributed by atoms with Gasteiger partial charge in [0, 0.05) is 12.4 Å². The van der Waals surface area contributed by atoms with E-state index in [1.807, 2.05) is 12.1 Å². The number of rotatable bonds is 0. The predicted octanol–water partition coefficient (Wildman–Crippen LogP) is 1.92. The summed E-state index contributed by atoms with van der Waals surface area (Å²) in [5, 5.41) is 0. The summed E-state index contributed by atoms with van der Waals surface area (Å²) in [6.07, 6.45) is 6.31. The molecule has 0 bridgehead atoms. The summed E-state index contributed by atoms with van der Waals surface area (Å²) >= 11 is 0. The Balaban J connectivity index is 2.15. The third-order valence-electron chi connectivity index (χ3n) is 2.43. The van der Waals surface area contributed by atoms with Crippen LogP contribution >= 0.6 is 0 Å². The minimum absolute atomic E-state index is 0.109. The van der Waals surface area contributed by atoms with Crippen molar-refractivity contribution >= 4 is 12.1 Å². The lowest BCUT2D eigenvalue weighted by Crippen LogP contribution is -2.26. The predicted molar refractivity (Wildman–Crippen MR) is 59.0 cm³/mol. The van der Waals surface area contributed by atoms with E-state index in [-0.39, 0.29) is 5.91 Å². The summed E-state index contributed by atoms with van der Waals surface area (Å²) in [5.41, 5.74) is 1.18. The first-order chi connectivity index (χ1) is 7.86. The van der Waals surface area contributed by atoms with Crippen molar-refractivity contribution in [2.24, 2.45) is 4.99 Å².